The first-order valence-electron chi connectivity index (χ1n) is 10.1. The van der Waals surface area contributed by atoms with Crippen LogP contribution in [0.15, 0.2) is 57.8 Å². The van der Waals surface area contributed by atoms with Crippen molar-refractivity contribution >= 4 is 22.6 Å². The average molecular weight is 450 g/mol. The van der Waals surface area contributed by atoms with Crippen molar-refractivity contribution in [3.05, 3.63) is 76.3 Å². The molecule has 0 atom stereocenters. The van der Waals surface area contributed by atoms with E-state index in [4.69, 9.17) is 4.52 Å². The molecule has 0 spiro atoms. The fraction of sp³-hybridized carbons (Fsp3) is 0.182. The Bertz CT molecular complexity index is 1380. The van der Waals surface area contributed by atoms with Crippen LogP contribution in [0.25, 0.3) is 22.2 Å². The largest absolute Gasteiger partial charge is 0.339 e. The molecule has 2 aromatic heterocycles. The molecule has 2 N–H and O–H groups in total. The fourth-order valence-electron chi connectivity index (χ4n) is 3.16. The number of benzene rings is 2. The third-order valence-corrected chi connectivity index (χ3v) is 4.83. The van der Waals surface area contributed by atoms with E-state index >= 15 is 0 Å². The maximum absolute atomic E-state index is 13.0. The SMILES string of the molecule is CCn1nc(C(=O)NNC(=O)CCc2nc(-c3ccc(F)cc3)no2)c2ccccc2c1=O. The summed E-state index contributed by atoms with van der Waals surface area (Å²) in [5.74, 6) is -1.02. The van der Waals surface area contributed by atoms with Gasteiger partial charge in [0, 0.05) is 30.3 Å². The number of hydrazine groups is 1. The lowest BCUT2D eigenvalue weighted by atomic mass is 10.1. The highest BCUT2D eigenvalue weighted by atomic mass is 19.1. The first-order chi connectivity index (χ1) is 16.0. The molecule has 0 aliphatic carbocycles. The minimum absolute atomic E-state index is 0.0215. The smallest absolute Gasteiger partial charge is 0.290 e. The average Bonchev–Trinajstić information content (AvgIpc) is 3.31. The molecular formula is C22H19FN6O4. The Morgan fingerprint density at radius 1 is 1.06 bits per heavy atom. The summed E-state index contributed by atoms with van der Waals surface area (Å²) in [6.07, 6.45) is 0.103. The number of halogens is 1. The minimum atomic E-state index is -0.655. The first-order valence-corrected chi connectivity index (χ1v) is 10.1. The number of carbonyl (C=O) groups excluding carboxylic acids is 2. The molecule has 0 bridgehead atoms. The van der Waals surface area contributed by atoms with Crippen LogP contribution < -0.4 is 16.4 Å². The minimum Gasteiger partial charge on any atom is -0.339 e. The number of hydrogen-bond donors (Lipinski definition) is 2. The standard InChI is InChI=1S/C22H19FN6O4/c1-2-29-22(32)16-6-4-3-5-15(16)19(27-29)21(31)26-25-17(30)11-12-18-24-20(28-33-18)13-7-9-14(23)10-8-13/h3-10H,2,11-12H2,1H3,(H,25,30)(H,26,31). The Labute approximate surface area is 186 Å². The Balaban J connectivity index is 1.37. The van der Waals surface area contributed by atoms with Crippen LogP contribution >= 0.6 is 0 Å². The maximum atomic E-state index is 13.0. The van der Waals surface area contributed by atoms with Gasteiger partial charge in [0.2, 0.25) is 17.6 Å². The molecule has 0 fully saturated rings. The molecule has 2 aromatic carbocycles. The van der Waals surface area contributed by atoms with Crippen molar-refractivity contribution in [1.29, 1.82) is 0 Å². The Morgan fingerprint density at radius 3 is 2.52 bits per heavy atom. The van der Waals surface area contributed by atoms with Gasteiger partial charge < -0.3 is 4.52 Å². The molecule has 2 amide bonds. The van der Waals surface area contributed by atoms with Gasteiger partial charge in [-0.1, -0.05) is 23.4 Å². The number of aryl methyl sites for hydroxylation is 2. The van der Waals surface area contributed by atoms with E-state index in [9.17, 15) is 18.8 Å². The van der Waals surface area contributed by atoms with Crippen LogP contribution in [-0.4, -0.2) is 31.7 Å². The number of hydrogen-bond acceptors (Lipinski definition) is 7. The number of amides is 2. The topological polar surface area (TPSA) is 132 Å². The van der Waals surface area contributed by atoms with Gasteiger partial charge in [0.1, 0.15) is 5.82 Å². The summed E-state index contributed by atoms with van der Waals surface area (Å²) < 4.78 is 19.3. The zero-order chi connectivity index (χ0) is 23.4. The lowest BCUT2D eigenvalue weighted by Gasteiger charge is -2.10. The number of carbonyl (C=O) groups is 2. The molecule has 2 heterocycles. The predicted octanol–water partition coefficient (Wildman–Crippen LogP) is 2.00. The summed E-state index contributed by atoms with van der Waals surface area (Å²) in [4.78, 5) is 41.4. The number of nitrogens with zero attached hydrogens (tertiary/aromatic N) is 4. The van der Waals surface area contributed by atoms with Crippen LogP contribution in [0, 0.1) is 5.82 Å². The van der Waals surface area contributed by atoms with E-state index in [0.29, 0.717) is 22.9 Å². The molecule has 0 saturated heterocycles. The zero-order valence-electron chi connectivity index (χ0n) is 17.5. The molecule has 0 unspecified atom stereocenters. The normalized spacial score (nSPS) is 10.8. The molecule has 0 radical (unpaired) electrons. The highest BCUT2D eigenvalue weighted by Gasteiger charge is 2.17. The zero-order valence-corrected chi connectivity index (χ0v) is 17.5. The van der Waals surface area contributed by atoms with Gasteiger partial charge in [-0.2, -0.15) is 10.1 Å². The summed E-state index contributed by atoms with van der Waals surface area (Å²) >= 11 is 0. The molecule has 0 aliphatic heterocycles. The van der Waals surface area contributed by atoms with Crippen LogP contribution in [0.2, 0.25) is 0 Å². The maximum Gasteiger partial charge on any atom is 0.290 e. The van der Waals surface area contributed by atoms with Gasteiger partial charge in [-0.15, -0.1) is 0 Å². The quantitative estimate of drug-likeness (QED) is 0.430. The lowest BCUT2D eigenvalue weighted by molar-refractivity contribution is -0.121. The molecule has 0 aliphatic rings. The van der Waals surface area contributed by atoms with E-state index in [0.717, 1.165) is 0 Å². The molecule has 168 valence electrons. The summed E-state index contributed by atoms with van der Waals surface area (Å²) in [7, 11) is 0. The number of nitrogens with one attached hydrogen (secondary N) is 2. The van der Waals surface area contributed by atoms with Crippen LogP contribution in [0.3, 0.4) is 0 Å². The van der Waals surface area contributed by atoms with Gasteiger partial charge in [-0.05, 0) is 37.3 Å². The molecular weight excluding hydrogens is 431 g/mol. The predicted molar refractivity (Wildman–Crippen MR) is 115 cm³/mol. The molecule has 0 saturated carbocycles. The fourth-order valence-corrected chi connectivity index (χ4v) is 3.16. The van der Waals surface area contributed by atoms with Crippen molar-refractivity contribution in [2.24, 2.45) is 0 Å². The summed E-state index contributed by atoms with van der Waals surface area (Å²) in [5, 5.41) is 8.67. The van der Waals surface area contributed by atoms with E-state index in [1.165, 1.54) is 28.9 Å². The molecule has 4 aromatic rings. The Morgan fingerprint density at radius 2 is 1.79 bits per heavy atom. The monoisotopic (exact) mass is 450 g/mol. The lowest BCUT2D eigenvalue weighted by Crippen LogP contribution is -2.42. The van der Waals surface area contributed by atoms with Crippen molar-refractivity contribution in [1.82, 2.24) is 30.8 Å². The van der Waals surface area contributed by atoms with E-state index in [1.807, 2.05) is 0 Å². The van der Waals surface area contributed by atoms with Crippen LogP contribution in [0.1, 0.15) is 29.7 Å². The highest BCUT2D eigenvalue weighted by Crippen LogP contribution is 2.16. The molecule has 4 rings (SSSR count). The Kier molecular flexibility index (Phi) is 6.20. The van der Waals surface area contributed by atoms with Gasteiger partial charge in [-0.25, -0.2) is 9.07 Å². The highest BCUT2D eigenvalue weighted by molar-refractivity contribution is 6.05. The van der Waals surface area contributed by atoms with Crippen LogP contribution in [0.5, 0.6) is 0 Å². The third kappa shape index (κ3) is 4.76. The van der Waals surface area contributed by atoms with Gasteiger partial charge in [0.05, 0.1) is 5.39 Å². The van der Waals surface area contributed by atoms with Crippen LogP contribution in [-0.2, 0) is 17.8 Å². The van der Waals surface area contributed by atoms with Crippen molar-refractivity contribution < 1.29 is 18.5 Å². The number of rotatable bonds is 6. The number of fused-ring (bicyclic) bond motifs is 1. The Hall–Kier alpha value is -4.41. The van der Waals surface area contributed by atoms with E-state index in [1.54, 1.807) is 31.2 Å². The second-order valence-electron chi connectivity index (χ2n) is 7.04. The van der Waals surface area contributed by atoms with Gasteiger partial charge in [-0.3, -0.25) is 25.2 Å². The summed E-state index contributed by atoms with van der Waals surface area (Å²) in [5.41, 5.74) is 4.93. The second-order valence-corrected chi connectivity index (χ2v) is 7.04. The van der Waals surface area contributed by atoms with E-state index in [-0.39, 0.29) is 41.6 Å². The molecule has 10 nitrogen and oxygen atoms in total. The second kappa shape index (κ2) is 9.39. The van der Waals surface area contributed by atoms with Crippen molar-refractivity contribution in [3.8, 4) is 11.4 Å². The van der Waals surface area contributed by atoms with Crippen molar-refractivity contribution in [2.75, 3.05) is 0 Å². The third-order valence-electron chi connectivity index (χ3n) is 4.83. The first kappa shape index (κ1) is 21.8. The summed E-state index contributed by atoms with van der Waals surface area (Å²) in [6.45, 7) is 2.03. The van der Waals surface area contributed by atoms with Gasteiger partial charge in [0.25, 0.3) is 11.5 Å². The number of aromatic nitrogens is 4. The van der Waals surface area contributed by atoms with Crippen LogP contribution in [0.4, 0.5) is 4.39 Å². The molecule has 11 heteroatoms. The van der Waals surface area contributed by atoms with E-state index < -0.39 is 11.8 Å². The molecule has 33 heavy (non-hydrogen) atoms. The van der Waals surface area contributed by atoms with Crippen molar-refractivity contribution in [3.63, 3.8) is 0 Å². The van der Waals surface area contributed by atoms with Gasteiger partial charge >= 0.3 is 0 Å². The summed E-state index contributed by atoms with van der Waals surface area (Å²) in [6, 6.07) is 12.2. The van der Waals surface area contributed by atoms with Crippen molar-refractivity contribution in [2.45, 2.75) is 26.3 Å². The van der Waals surface area contributed by atoms with Gasteiger partial charge in [0.15, 0.2) is 5.69 Å². The van der Waals surface area contributed by atoms with E-state index in [2.05, 4.69) is 26.1 Å².